The van der Waals surface area contributed by atoms with Crippen LogP contribution < -0.4 is 0 Å². The average Bonchev–Trinajstić information content (AvgIpc) is 2.60. The van der Waals surface area contributed by atoms with Crippen molar-refractivity contribution in [2.45, 2.75) is 20.3 Å². The van der Waals surface area contributed by atoms with Gasteiger partial charge in [-0.3, -0.25) is 9.48 Å². The van der Waals surface area contributed by atoms with Crippen molar-refractivity contribution in [3.63, 3.8) is 0 Å². The second kappa shape index (κ2) is 5.17. The third-order valence-electron chi connectivity index (χ3n) is 3.20. The van der Waals surface area contributed by atoms with Crippen molar-refractivity contribution in [1.29, 1.82) is 0 Å². The molecule has 0 saturated heterocycles. The molecule has 1 aromatic carbocycles. The Balaban J connectivity index is 2.51. The van der Waals surface area contributed by atoms with Crippen molar-refractivity contribution in [2.24, 2.45) is 7.05 Å². The van der Waals surface area contributed by atoms with Gasteiger partial charge in [-0.15, -0.1) is 0 Å². The minimum atomic E-state index is -0.865. The van der Waals surface area contributed by atoms with Crippen LogP contribution in [0.5, 0.6) is 0 Å². The molecule has 0 amide bonds. The number of carbonyl (C=O) groups is 1. The molecule has 0 aliphatic carbocycles. The quantitative estimate of drug-likeness (QED) is 0.944. The van der Waals surface area contributed by atoms with E-state index in [9.17, 15) is 4.79 Å². The van der Waals surface area contributed by atoms with Crippen molar-refractivity contribution in [3.05, 3.63) is 39.5 Å². The zero-order chi connectivity index (χ0) is 14.2. The maximum atomic E-state index is 10.9. The lowest BCUT2D eigenvalue weighted by Crippen LogP contribution is -2.06. The summed E-state index contributed by atoms with van der Waals surface area (Å²) < 4.78 is 2.36. The SMILES string of the molecule is Cc1ccc(-c2nn(C)c(CC(=O)O)c2Br)cc1C. The van der Waals surface area contributed by atoms with Gasteiger partial charge in [0.1, 0.15) is 5.69 Å². The van der Waals surface area contributed by atoms with E-state index in [1.165, 1.54) is 11.1 Å². The summed E-state index contributed by atoms with van der Waals surface area (Å²) in [5, 5.41) is 13.3. The number of nitrogens with zero attached hydrogens (tertiary/aromatic N) is 2. The van der Waals surface area contributed by atoms with Crippen LogP contribution >= 0.6 is 15.9 Å². The summed E-state index contributed by atoms with van der Waals surface area (Å²) in [6, 6.07) is 6.11. The Morgan fingerprint density at radius 2 is 2.05 bits per heavy atom. The van der Waals surface area contributed by atoms with E-state index < -0.39 is 5.97 Å². The van der Waals surface area contributed by atoms with Crippen molar-refractivity contribution in [2.75, 3.05) is 0 Å². The Hall–Kier alpha value is -1.62. The van der Waals surface area contributed by atoms with E-state index in [1.807, 2.05) is 19.1 Å². The van der Waals surface area contributed by atoms with Crippen LogP contribution in [0.2, 0.25) is 0 Å². The Morgan fingerprint density at radius 3 is 2.63 bits per heavy atom. The van der Waals surface area contributed by atoms with Crippen molar-refractivity contribution in [3.8, 4) is 11.3 Å². The lowest BCUT2D eigenvalue weighted by atomic mass is 10.0. The van der Waals surface area contributed by atoms with E-state index in [2.05, 4.69) is 34.0 Å². The molecule has 1 N–H and O–H groups in total. The summed E-state index contributed by atoms with van der Waals surface area (Å²) in [4.78, 5) is 10.9. The first-order valence-corrected chi connectivity index (χ1v) is 6.70. The molecular formula is C14H15BrN2O2. The fourth-order valence-corrected chi connectivity index (χ4v) is 2.65. The third-order valence-corrected chi connectivity index (χ3v) is 4.03. The molecule has 0 radical (unpaired) electrons. The van der Waals surface area contributed by atoms with E-state index in [0.29, 0.717) is 5.69 Å². The minimum Gasteiger partial charge on any atom is -0.481 e. The second-order valence-electron chi connectivity index (χ2n) is 4.60. The Labute approximate surface area is 120 Å². The number of aryl methyl sites for hydroxylation is 3. The van der Waals surface area contributed by atoms with Gasteiger partial charge >= 0.3 is 5.97 Å². The highest BCUT2D eigenvalue weighted by molar-refractivity contribution is 9.10. The highest BCUT2D eigenvalue weighted by atomic mass is 79.9. The molecule has 0 aliphatic rings. The molecule has 5 heteroatoms. The Kier molecular flexibility index (Phi) is 3.75. The van der Waals surface area contributed by atoms with Gasteiger partial charge in [-0.25, -0.2) is 0 Å². The fourth-order valence-electron chi connectivity index (χ4n) is 1.94. The first-order chi connectivity index (χ1) is 8.90. The van der Waals surface area contributed by atoms with Gasteiger partial charge in [-0.1, -0.05) is 12.1 Å². The highest BCUT2D eigenvalue weighted by Crippen LogP contribution is 2.31. The molecule has 2 rings (SSSR count). The highest BCUT2D eigenvalue weighted by Gasteiger charge is 2.17. The summed E-state index contributed by atoms with van der Waals surface area (Å²) >= 11 is 3.46. The van der Waals surface area contributed by atoms with Crippen LogP contribution in [0.4, 0.5) is 0 Å². The van der Waals surface area contributed by atoms with E-state index in [1.54, 1.807) is 11.7 Å². The summed E-state index contributed by atoms with van der Waals surface area (Å²) in [5.74, 6) is -0.865. The molecule has 0 saturated carbocycles. The van der Waals surface area contributed by atoms with Gasteiger partial charge in [0, 0.05) is 12.6 Å². The number of benzene rings is 1. The predicted octanol–water partition coefficient (Wildman–Crippen LogP) is 3.09. The number of rotatable bonds is 3. The molecule has 0 spiro atoms. The second-order valence-corrected chi connectivity index (χ2v) is 5.40. The molecule has 0 unspecified atom stereocenters. The normalized spacial score (nSPS) is 10.7. The monoisotopic (exact) mass is 322 g/mol. The molecule has 19 heavy (non-hydrogen) atoms. The van der Waals surface area contributed by atoms with Crippen LogP contribution in [0.3, 0.4) is 0 Å². The number of carboxylic acid groups (broad SMARTS) is 1. The summed E-state index contributed by atoms with van der Waals surface area (Å²) in [6.07, 6.45) is -0.0467. The molecule has 0 aliphatic heterocycles. The molecule has 2 aromatic rings. The topological polar surface area (TPSA) is 55.1 Å². The Bertz CT molecular complexity index is 647. The molecule has 1 heterocycles. The predicted molar refractivity (Wildman–Crippen MR) is 77.2 cm³/mol. The van der Waals surface area contributed by atoms with E-state index in [4.69, 9.17) is 5.11 Å². The smallest absolute Gasteiger partial charge is 0.309 e. The summed E-state index contributed by atoms with van der Waals surface area (Å²) in [5.41, 5.74) is 4.85. The largest absolute Gasteiger partial charge is 0.481 e. The molecule has 0 fully saturated rings. The molecular weight excluding hydrogens is 308 g/mol. The van der Waals surface area contributed by atoms with Crippen molar-refractivity contribution < 1.29 is 9.90 Å². The molecule has 1 aromatic heterocycles. The number of aliphatic carboxylic acids is 1. The van der Waals surface area contributed by atoms with Crippen LogP contribution in [-0.4, -0.2) is 20.9 Å². The zero-order valence-electron chi connectivity index (χ0n) is 11.1. The standard InChI is InChI=1S/C14H15BrN2O2/c1-8-4-5-10(6-9(8)2)14-13(15)11(7-12(18)19)17(3)16-14/h4-6H,7H2,1-3H3,(H,18,19). The van der Waals surface area contributed by atoms with Crippen molar-refractivity contribution in [1.82, 2.24) is 9.78 Å². The summed E-state index contributed by atoms with van der Waals surface area (Å²) in [6.45, 7) is 4.11. The maximum Gasteiger partial charge on any atom is 0.309 e. The fraction of sp³-hybridized carbons (Fsp3) is 0.286. The van der Waals surface area contributed by atoms with Gasteiger partial charge in [0.15, 0.2) is 0 Å². The van der Waals surface area contributed by atoms with Gasteiger partial charge in [0.05, 0.1) is 16.6 Å². The van der Waals surface area contributed by atoms with Crippen molar-refractivity contribution >= 4 is 21.9 Å². The molecule has 0 atom stereocenters. The van der Waals surface area contributed by atoms with Gasteiger partial charge < -0.3 is 5.11 Å². The zero-order valence-corrected chi connectivity index (χ0v) is 12.7. The summed E-state index contributed by atoms with van der Waals surface area (Å²) in [7, 11) is 1.76. The van der Waals surface area contributed by atoms with Gasteiger partial charge in [-0.2, -0.15) is 5.10 Å². The molecule has 4 nitrogen and oxygen atoms in total. The number of aromatic nitrogens is 2. The molecule has 100 valence electrons. The van der Waals surface area contributed by atoms with Crippen LogP contribution in [0.1, 0.15) is 16.8 Å². The van der Waals surface area contributed by atoms with E-state index in [-0.39, 0.29) is 6.42 Å². The van der Waals surface area contributed by atoms with E-state index in [0.717, 1.165) is 15.7 Å². The number of hydrogen-bond donors (Lipinski definition) is 1. The third kappa shape index (κ3) is 2.71. The van der Waals surface area contributed by atoms with Gasteiger partial charge in [-0.05, 0) is 47.0 Å². The van der Waals surface area contributed by atoms with E-state index >= 15 is 0 Å². The molecule has 0 bridgehead atoms. The van der Waals surface area contributed by atoms with Crippen LogP contribution in [0.15, 0.2) is 22.7 Å². The average molecular weight is 323 g/mol. The number of hydrogen-bond acceptors (Lipinski definition) is 2. The lowest BCUT2D eigenvalue weighted by Gasteiger charge is -2.03. The first-order valence-electron chi connectivity index (χ1n) is 5.91. The lowest BCUT2D eigenvalue weighted by molar-refractivity contribution is -0.136. The van der Waals surface area contributed by atoms with Crippen LogP contribution in [0, 0.1) is 13.8 Å². The van der Waals surface area contributed by atoms with Crippen LogP contribution in [0.25, 0.3) is 11.3 Å². The van der Waals surface area contributed by atoms with Gasteiger partial charge in [0.25, 0.3) is 0 Å². The number of carboxylic acids is 1. The van der Waals surface area contributed by atoms with Gasteiger partial charge in [0.2, 0.25) is 0 Å². The van der Waals surface area contributed by atoms with Crippen LogP contribution in [-0.2, 0) is 18.3 Å². The number of halogens is 1. The Morgan fingerprint density at radius 1 is 1.37 bits per heavy atom. The minimum absolute atomic E-state index is 0.0467. The maximum absolute atomic E-state index is 10.9. The first kappa shape index (κ1) is 13.8.